The van der Waals surface area contributed by atoms with Crippen LogP contribution in [0, 0.1) is 21.4 Å². The quantitative estimate of drug-likeness (QED) is 0.115. The molecule has 0 saturated heterocycles. The second kappa shape index (κ2) is 12.0. The van der Waals surface area contributed by atoms with Gasteiger partial charge in [-0.1, -0.05) is 30.3 Å². The molecule has 0 aliphatic heterocycles. The van der Waals surface area contributed by atoms with Crippen LogP contribution < -0.4 is 9.47 Å². The average molecular weight is 485 g/mol. The molecule has 0 aliphatic carbocycles. The fourth-order valence-electron chi connectivity index (χ4n) is 3.56. The Labute approximate surface area is 208 Å². The molecular weight excluding hydrogens is 460 g/mol. The van der Waals surface area contributed by atoms with Gasteiger partial charge >= 0.3 is 5.97 Å². The minimum Gasteiger partial charge on any atom is -0.490 e. The molecule has 0 aliphatic rings. The average Bonchev–Trinajstić information content (AvgIpc) is 2.87. The highest BCUT2D eigenvalue weighted by Crippen LogP contribution is 2.36. The van der Waals surface area contributed by atoms with Crippen LogP contribution in [0.2, 0.25) is 0 Å². The molecule has 0 aromatic heterocycles. The highest BCUT2D eigenvalue weighted by Gasteiger charge is 2.15. The van der Waals surface area contributed by atoms with E-state index in [4.69, 9.17) is 14.6 Å². The van der Waals surface area contributed by atoms with Crippen molar-refractivity contribution in [3.05, 3.63) is 111 Å². The van der Waals surface area contributed by atoms with Crippen molar-refractivity contribution < 1.29 is 24.3 Å². The minimum atomic E-state index is -1.04. The number of carboxylic acid groups (broad SMARTS) is 1. The summed E-state index contributed by atoms with van der Waals surface area (Å²) in [7, 11) is 0. The first-order valence-corrected chi connectivity index (χ1v) is 11.1. The molecule has 8 nitrogen and oxygen atoms in total. The summed E-state index contributed by atoms with van der Waals surface area (Å²) in [5.41, 5.74) is 3.14. The summed E-state index contributed by atoms with van der Waals surface area (Å²) in [6.07, 6.45) is 3.87. The van der Waals surface area contributed by atoms with Gasteiger partial charge in [-0.15, -0.1) is 6.58 Å². The van der Waals surface area contributed by atoms with E-state index < -0.39 is 10.9 Å². The van der Waals surface area contributed by atoms with Crippen molar-refractivity contribution in [2.45, 2.75) is 20.0 Å². The van der Waals surface area contributed by atoms with Crippen molar-refractivity contribution in [1.29, 1.82) is 5.26 Å². The Morgan fingerprint density at radius 3 is 2.47 bits per heavy atom. The van der Waals surface area contributed by atoms with Gasteiger partial charge in [0.15, 0.2) is 11.5 Å². The van der Waals surface area contributed by atoms with Crippen molar-refractivity contribution in [3.8, 4) is 17.6 Å². The molecule has 3 aromatic rings. The number of hydrogen-bond donors (Lipinski definition) is 1. The van der Waals surface area contributed by atoms with E-state index in [1.54, 1.807) is 42.5 Å². The van der Waals surface area contributed by atoms with Crippen LogP contribution in [0.4, 0.5) is 5.69 Å². The fraction of sp³-hybridized carbons (Fsp3) is 0.143. The Morgan fingerprint density at radius 2 is 1.86 bits per heavy atom. The lowest BCUT2D eigenvalue weighted by molar-refractivity contribution is -0.384. The van der Waals surface area contributed by atoms with Gasteiger partial charge in [0.1, 0.15) is 6.61 Å². The largest absolute Gasteiger partial charge is 0.490 e. The monoisotopic (exact) mass is 484 g/mol. The SMILES string of the molecule is C=CCc1cc(/C=C(/C#N)c2ccc(C(=O)O)cc2)cc(OCC)c1OCc1cccc([N+](=O)[O-])c1. The summed E-state index contributed by atoms with van der Waals surface area (Å²) in [4.78, 5) is 21.7. The number of carbonyl (C=O) groups is 1. The van der Waals surface area contributed by atoms with E-state index in [9.17, 15) is 20.2 Å². The van der Waals surface area contributed by atoms with Crippen LogP contribution in [0.3, 0.4) is 0 Å². The normalized spacial score (nSPS) is 10.8. The molecule has 0 spiro atoms. The molecule has 0 atom stereocenters. The van der Waals surface area contributed by atoms with Crippen LogP contribution in [0.5, 0.6) is 11.5 Å². The van der Waals surface area contributed by atoms with Crippen LogP contribution >= 0.6 is 0 Å². The maximum atomic E-state index is 11.1. The van der Waals surface area contributed by atoms with Gasteiger partial charge < -0.3 is 14.6 Å². The summed E-state index contributed by atoms with van der Waals surface area (Å²) in [5, 5.41) is 29.9. The zero-order valence-electron chi connectivity index (χ0n) is 19.6. The lowest BCUT2D eigenvalue weighted by Crippen LogP contribution is -2.04. The zero-order valence-corrected chi connectivity index (χ0v) is 19.6. The lowest BCUT2D eigenvalue weighted by Gasteiger charge is -2.17. The van der Waals surface area contributed by atoms with Crippen LogP contribution in [0.25, 0.3) is 11.6 Å². The molecule has 0 amide bonds. The predicted molar refractivity (Wildman–Crippen MR) is 136 cm³/mol. The van der Waals surface area contributed by atoms with Crippen molar-refractivity contribution in [3.63, 3.8) is 0 Å². The van der Waals surface area contributed by atoms with Crippen molar-refractivity contribution >= 4 is 23.3 Å². The topological polar surface area (TPSA) is 123 Å². The van der Waals surface area contributed by atoms with Gasteiger partial charge in [0.25, 0.3) is 5.69 Å². The zero-order chi connectivity index (χ0) is 26.1. The Kier molecular flexibility index (Phi) is 8.57. The molecule has 0 radical (unpaired) electrons. The third-order valence-electron chi connectivity index (χ3n) is 5.20. The number of aromatic carboxylic acids is 1. The van der Waals surface area contributed by atoms with Crippen LogP contribution in [-0.4, -0.2) is 22.6 Å². The molecule has 3 aromatic carbocycles. The number of rotatable bonds is 11. The van der Waals surface area contributed by atoms with E-state index in [2.05, 4.69) is 12.6 Å². The van der Waals surface area contributed by atoms with E-state index in [1.807, 2.05) is 13.0 Å². The summed E-state index contributed by atoms with van der Waals surface area (Å²) in [6.45, 7) is 6.12. The molecule has 0 fully saturated rings. The van der Waals surface area contributed by atoms with Gasteiger partial charge in [0.05, 0.1) is 28.7 Å². The highest BCUT2D eigenvalue weighted by molar-refractivity contribution is 5.92. The molecule has 3 rings (SSSR count). The second-order valence-corrected chi connectivity index (χ2v) is 7.70. The highest BCUT2D eigenvalue weighted by atomic mass is 16.6. The maximum absolute atomic E-state index is 11.1. The van der Waals surface area contributed by atoms with Crippen molar-refractivity contribution in [1.82, 2.24) is 0 Å². The molecule has 0 unspecified atom stereocenters. The Morgan fingerprint density at radius 1 is 1.14 bits per heavy atom. The Hall–Kier alpha value is -4.90. The van der Waals surface area contributed by atoms with E-state index in [0.717, 1.165) is 5.56 Å². The molecule has 1 N–H and O–H groups in total. The van der Waals surface area contributed by atoms with Crippen LogP contribution in [-0.2, 0) is 13.0 Å². The number of nitro benzene ring substituents is 1. The number of hydrogen-bond acceptors (Lipinski definition) is 6. The van der Waals surface area contributed by atoms with Crippen LogP contribution in [0.1, 0.15) is 39.5 Å². The number of nitriles is 1. The second-order valence-electron chi connectivity index (χ2n) is 7.70. The number of carboxylic acids is 1. The fourth-order valence-corrected chi connectivity index (χ4v) is 3.56. The first-order valence-electron chi connectivity index (χ1n) is 11.1. The number of nitrogens with zero attached hydrogens (tertiary/aromatic N) is 2. The third kappa shape index (κ3) is 6.36. The van der Waals surface area contributed by atoms with Crippen molar-refractivity contribution in [2.75, 3.05) is 6.61 Å². The van der Waals surface area contributed by atoms with E-state index in [1.165, 1.54) is 24.3 Å². The number of benzene rings is 3. The third-order valence-corrected chi connectivity index (χ3v) is 5.20. The number of allylic oxidation sites excluding steroid dienone is 2. The Balaban J connectivity index is 1.99. The van der Waals surface area contributed by atoms with Crippen LogP contribution in [0.15, 0.2) is 73.3 Å². The minimum absolute atomic E-state index is 0.0200. The van der Waals surface area contributed by atoms with Gasteiger partial charge in [-0.25, -0.2) is 4.79 Å². The molecule has 0 bridgehead atoms. The summed E-state index contributed by atoms with van der Waals surface area (Å²) in [6, 6.07) is 18.1. The molecular formula is C28H24N2O6. The first-order chi connectivity index (χ1) is 17.4. The molecule has 36 heavy (non-hydrogen) atoms. The predicted octanol–water partition coefficient (Wildman–Crippen LogP) is 6.06. The molecule has 0 heterocycles. The standard InChI is InChI=1S/C28H24N2O6/c1-3-6-23-13-20(14-24(17-29)21-9-11-22(12-10-21)28(31)32)16-26(35-4-2)27(23)36-18-19-7-5-8-25(15-19)30(33)34/h3,5,7-16H,1,4,6,18H2,2H3,(H,31,32)/b24-14-. The molecule has 182 valence electrons. The molecule has 0 saturated carbocycles. The summed E-state index contributed by atoms with van der Waals surface area (Å²) < 4.78 is 11.9. The first kappa shape index (κ1) is 25.7. The molecule has 8 heteroatoms. The Bertz CT molecular complexity index is 1350. The summed E-state index contributed by atoms with van der Waals surface area (Å²) >= 11 is 0. The lowest BCUT2D eigenvalue weighted by atomic mass is 10.00. The number of nitro groups is 1. The van der Waals surface area contributed by atoms with Gasteiger partial charge in [-0.3, -0.25) is 10.1 Å². The number of non-ortho nitro benzene ring substituents is 1. The maximum Gasteiger partial charge on any atom is 0.335 e. The van der Waals surface area contributed by atoms with Crippen molar-refractivity contribution in [2.24, 2.45) is 0 Å². The summed E-state index contributed by atoms with van der Waals surface area (Å²) in [5.74, 6) is -0.0862. The van der Waals surface area contributed by atoms with E-state index in [0.29, 0.717) is 46.8 Å². The van der Waals surface area contributed by atoms with Gasteiger partial charge in [-0.2, -0.15) is 5.26 Å². The van der Waals surface area contributed by atoms with E-state index >= 15 is 0 Å². The smallest absolute Gasteiger partial charge is 0.335 e. The van der Waals surface area contributed by atoms with Gasteiger partial charge in [0.2, 0.25) is 0 Å². The van der Waals surface area contributed by atoms with Gasteiger partial charge in [-0.05, 0) is 60.4 Å². The number of ether oxygens (including phenoxy) is 2. The van der Waals surface area contributed by atoms with Gasteiger partial charge in [0, 0.05) is 17.7 Å². The van der Waals surface area contributed by atoms with E-state index in [-0.39, 0.29) is 17.9 Å².